The van der Waals surface area contributed by atoms with Gasteiger partial charge in [-0.15, -0.1) is 0 Å². The third kappa shape index (κ3) is 4.52. The van der Waals surface area contributed by atoms with Gasteiger partial charge in [0.25, 0.3) is 0 Å². The van der Waals surface area contributed by atoms with Crippen LogP contribution in [0, 0.1) is 11.6 Å². The number of sulfonamides is 1. The maximum absolute atomic E-state index is 13.2. The molecular formula is C16H16F2N2O4S. The minimum atomic E-state index is -4.14. The summed E-state index contributed by atoms with van der Waals surface area (Å²) in [6.07, 6.45) is 0. The molecule has 9 heteroatoms. The van der Waals surface area contributed by atoms with Crippen molar-refractivity contribution in [2.75, 3.05) is 26.0 Å². The molecular weight excluding hydrogens is 354 g/mol. The zero-order valence-electron chi connectivity index (χ0n) is 13.5. The Kier molecular flexibility index (Phi) is 5.70. The van der Waals surface area contributed by atoms with Crippen LogP contribution in [0.25, 0.3) is 0 Å². The van der Waals surface area contributed by atoms with Gasteiger partial charge in [0, 0.05) is 18.8 Å². The van der Waals surface area contributed by atoms with Gasteiger partial charge < -0.3 is 10.1 Å². The van der Waals surface area contributed by atoms with Crippen molar-refractivity contribution >= 4 is 21.6 Å². The highest BCUT2D eigenvalue weighted by Gasteiger charge is 2.24. The molecule has 0 spiro atoms. The zero-order valence-corrected chi connectivity index (χ0v) is 14.3. The Morgan fingerprint density at radius 1 is 1.16 bits per heavy atom. The lowest BCUT2D eigenvalue weighted by Crippen LogP contribution is -2.35. The van der Waals surface area contributed by atoms with Crippen LogP contribution in [0.5, 0.6) is 5.75 Å². The van der Waals surface area contributed by atoms with Crippen molar-refractivity contribution in [1.82, 2.24) is 4.31 Å². The summed E-state index contributed by atoms with van der Waals surface area (Å²) in [6.45, 7) is -0.501. The summed E-state index contributed by atoms with van der Waals surface area (Å²) in [6, 6.07) is 8.76. The van der Waals surface area contributed by atoms with Gasteiger partial charge in [-0.25, -0.2) is 17.2 Å². The first kappa shape index (κ1) is 18.8. The number of ether oxygens (including phenoxy) is 1. The van der Waals surface area contributed by atoms with Gasteiger partial charge in [0.05, 0.1) is 18.6 Å². The lowest BCUT2D eigenvalue weighted by Gasteiger charge is -2.17. The lowest BCUT2D eigenvalue weighted by molar-refractivity contribution is -0.116. The van der Waals surface area contributed by atoms with Crippen molar-refractivity contribution in [3.63, 3.8) is 0 Å². The fourth-order valence-electron chi connectivity index (χ4n) is 2.01. The number of methoxy groups -OCH3 is 1. The molecule has 0 aliphatic heterocycles. The van der Waals surface area contributed by atoms with Crippen LogP contribution in [0.15, 0.2) is 47.4 Å². The number of hydrogen-bond donors (Lipinski definition) is 1. The predicted molar refractivity (Wildman–Crippen MR) is 87.8 cm³/mol. The molecule has 0 bridgehead atoms. The van der Waals surface area contributed by atoms with Crippen LogP contribution in [0.2, 0.25) is 0 Å². The summed E-state index contributed by atoms with van der Waals surface area (Å²) >= 11 is 0. The molecule has 134 valence electrons. The monoisotopic (exact) mass is 370 g/mol. The van der Waals surface area contributed by atoms with Crippen molar-refractivity contribution in [2.24, 2.45) is 0 Å². The molecule has 1 N–H and O–H groups in total. The van der Waals surface area contributed by atoms with Gasteiger partial charge in [0.2, 0.25) is 15.9 Å². The van der Waals surface area contributed by atoms with Gasteiger partial charge in [-0.2, -0.15) is 4.31 Å². The Balaban J connectivity index is 2.10. The van der Waals surface area contributed by atoms with Crippen LogP contribution in [0.1, 0.15) is 0 Å². The van der Waals surface area contributed by atoms with Crippen LogP contribution >= 0.6 is 0 Å². The first-order valence-electron chi connectivity index (χ1n) is 7.09. The normalized spacial score (nSPS) is 11.4. The van der Waals surface area contributed by atoms with Crippen LogP contribution in [0.4, 0.5) is 14.5 Å². The Morgan fingerprint density at radius 3 is 2.52 bits per heavy atom. The Morgan fingerprint density at radius 2 is 1.88 bits per heavy atom. The van der Waals surface area contributed by atoms with Crippen molar-refractivity contribution in [3.8, 4) is 5.75 Å². The summed E-state index contributed by atoms with van der Waals surface area (Å²) in [5.41, 5.74) is 0.433. The summed E-state index contributed by atoms with van der Waals surface area (Å²) < 4.78 is 56.6. The topological polar surface area (TPSA) is 75.7 Å². The summed E-state index contributed by atoms with van der Waals surface area (Å²) in [5.74, 6) is -2.50. The maximum Gasteiger partial charge on any atom is 0.243 e. The van der Waals surface area contributed by atoms with Crippen LogP contribution in [-0.2, 0) is 14.8 Å². The summed E-state index contributed by atoms with van der Waals surface area (Å²) in [5, 5.41) is 2.53. The first-order valence-corrected chi connectivity index (χ1v) is 8.53. The highest BCUT2D eigenvalue weighted by Crippen LogP contribution is 2.19. The molecule has 0 fully saturated rings. The van der Waals surface area contributed by atoms with E-state index in [2.05, 4.69) is 5.32 Å². The third-order valence-corrected chi connectivity index (χ3v) is 5.12. The SMILES string of the molecule is COc1cccc(NC(=O)CN(C)S(=O)(=O)c2ccc(F)c(F)c2)c1. The third-order valence-electron chi connectivity index (χ3n) is 3.32. The van der Waals surface area contributed by atoms with E-state index in [-0.39, 0.29) is 0 Å². The number of rotatable bonds is 6. The number of carbonyl (C=O) groups excluding carboxylic acids is 1. The number of amides is 1. The van der Waals surface area contributed by atoms with Gasteiger partial charge in [0.1, 0.15) is 5.75 Å². The molecule has 0 atom stereocenters. The number of anilines is 1. The maximum atomic E-state index is 13.2. The van der Waals surface area contributed by atoms with E-state index in [0.717, 1.165) is 10.4 Å². The lowest BCUT2D eigenvalue weighted by atomic mass is 10.3. The van der Waals surface area contributed by atoms with Crippen LogP contribution < -0.4 is 10.1 Å². The molecule has 25 heavy (non-hydrogen) atoms. The van der Waals surface area contributed by atoms with Crippen molar-refractivity contribution in [1.29, 1.82) is 0 Å². The van der Waals surface area contributed by atoms with Gasteiger partial charge in [-0.3, -0.25) is 4.79 Å². The number of nitrogens with one attached hydrogen (secondary N) is 1. The Bertz CT molecular complexity index is 887. The molecule has 0 saturated carbocycles. The molecule has 6 nitrogen and oxygen atoms in total. The van der Waals surface area contributed by atoms with Gasteiger partial charge in [-0.1, -0.05) is 6.07 Å². The molecule has 0 saturated heterocycles. The first-order chi connectivity index (χ1) is 11.7. The average Bonchev–Trinajstić information content (AvgIpc) is 2.57. The molecule has 2 rings (SSSR count). The fraction of sp³-hybridized carbons (Fsp3) is 0.188. The molecule has 0 aliphatic rings. The van der Waals surface area contributed by atoms with E-state index >= 15 is 0 Å². The molecule has 0 radical (unpaired) electrons. The second kappa shape index (κ2) is 7.58. The largest absolute Gasteiger partial charge is 0.497 e. The summed E-state index contributed by atoms with van der Waals surface area (Å²) in [4.78, 5) is 11.6. The van der Waals surface area contributed by atoms with E-state index in [0.29, 0.717) is 23.6 Å². The predicted octanol–water partition coefficient (Wildman–Crippen LogP) is 2.23. The van der Waals surface area contributed by atoms with Crippen molar-refractivity contribution in [2.45, 2.75) is 4.90 Å². The minimum Gasteiger partial charge on any atom is -0.497 e. The minimum absolute atomic E-state index is 0.433. The van der Waals surface area contributed by atoms with E-state index < -0.39 is 39.0 Å². The van der Waals surface area contributed by atoms with E-state index in [1.54, 1.807) is 24.3 Å². The smallest absolute Gasteiger partial charge is 0.243 e. The number of likely N-dealkylation sites (N-methyl/N-ethyl adjacent to an activating group) is 1. The number of nitrogens with zero attached hydrogens (tertiary/aromatic N) is 1. The molecule has 0 aromatic heterocycles. The van der Waals surface area contributed by atoms with E-state index in [9.17, 15) is 22.0 Å². The highest BCUT2D eigenvalue weighted by molar-refractivity contribution is 7.89. The van der Waals surface area contributed by atoms with E-state index in [1.807, 2.05) is 0 Å². The van der Waals surface area contributed by atoms with Crippen LogP contribution in [-0.4, -0.2) is 39.3 Å². The second-order valence-electron chi connectivity index (χ2n) is 5.12. The Hall–Kier alpha value is -2.52. The van der Waals surface area contributed by atoms with Gasteiger partial charge in [0.15, 0.2) is 11.6 Å². The number of carbonyl (C=O) groups is 1. The van der Waals surface area contributed by atoms with E-state index in [1.165, 1.54) is 14.2 Å². The number of halogens is 2. The van der Waals surface area contributed by atoms with Gasteiger partial charge in [-0.05, 0) is 30.3 Å². The number of benzene rings is 2. The molecule has 0 unspecified atom stereocenters. The molecule has 0 heterocycles. The molecule has 1 amide bonds. The molecule has 2 aromatic rings. The second-order valence-corrected chi connectivity index (χ2v) is 7.16. The standard InChI is InChI=1S/C16H16F2N2O4S/c1-20(25(22,23)13-6-7-14(17)15(18)9-13)10-16(21)19-11-4-3-5-12(8-11)24-2/h3-9H,10H2,1-2H3,(H,19,21). The van der Waals surface area contributed by atoms with E-state index in [4.69, 9.17) is 4.74 Å². The highest BCUT2D eigenvalue weighted by atomic mass is 32.2. The zero-order chi connectivity index (χ0) is 18.6. The van der Waals surface area contributed by atoms with Crippen molar-refractivity contribution in [3.05, 3.63) is 54.1 Å². The fourth-order valence-corrected chi connectivity index (χ4v) is 3.15. The molecule has 0 aliphatic carbocycles. The number of hydrogen-bond acceptors (Lipinski definition) is 4. The van der Waals surface area contributed by atoms with Crippen molar-refractivity contribution < 1.29 is 26.7 Å². The average molecular weight is 370 g/mol. The molecule has 2 aromatic carbocycles. The van der Waals surface area contributed by atoms with Crippen LogP contribution in [0.3, 0.4) is 0 Å². The quantitative estimate of drug-likeness (QED) is 0.846. The Labute approximate surface area is 144 Å². The summed E-state index contributed by atoms with van der Waals surface area (Å²) in [7, 11) is -1.49. The van der Waals surface area contributed by atoms with Gasteiger partial charge >= 0.3 is 0 Å².